The number of benzene rings is 11. The molecule has 0 amide bonds. The normalized spacial score (nSPS) is 11.7. The molecule has 0 N–H and O–H groups in total. The van der Waals surface area contributed by atoms with E-state index in [1.165, 1.54) is 32.6 Å². The van der Waals surface area contributed by atoms with Crippen molar-refractivity contribution in [2.45, 2.75) is 0 Å². The summed E-state index contributed by atoms with van der Waals surface area (Å²) in [6.07, 6.45) is 0. The summed E-state index contributed by atoms with van der Waals surface area (Å²) in [5, 5.41) is 7.13. The second-order valence-electron chi connectivity index (χ2n) is 19.1. The number of hydrogen-bond acceptors (Lipinski definition) is 3. The number of para-hydroxylation sites is 7. The van der Waals surface area contributed by atoms with Crippen molar-refractivity contribution in [3.05, 3.63) is 267 Å². The van der Waals surface area contributed by atoms with Gasteiger partial charge >= 0.3 is 0 Å². The Balaban J connectivity index is 1.03. The Bertz CT molecular complexity index is 4590. The zero-order chi connectivity index (χ0) is 49.4. The van der Waals surface area contributed by atoms with Gasteiger partial charge < -0.3 is 13.7 Å². The molecule has 4 heterocycles. The van der Waals surface area contributed by atoms with Gasteiger partial charge in [0.2, 0.25) is 0 Å². The van der Waals surface area contributed by atoms with Gasteiger partial charge in [-0.2, -0.15) is 0 Å². The molecule has 0 aliphatic rings. The number of rotatable bonds is 8. The standard InChI is InChI=1S/C69H44N6/c1-4-22-45(23-5-1)49-33-20-35-56(65(49)74-61-39-17-12-30-53(61)54-31-13-18-40-62(54)74)68-70-67(47-26-8-3-9-27-47)71-69(72-68)57-36-21-34-50(46-24-6-2-7-25-46)66(57)75-63-41-19-14-32-55(63)58-44-48(42-43-64(58)75)73-59-37-15-10-28-51(59)52-29-11-16-38-60(52)73/h1-44H. The zero-order valence-electron chi connectivity index (χ0n) is 40.6. The first-order chi connectivity index (χ1) is 37.2. The highest BCUT2D eigenvalue weighted by atomic mass is 15.1. The Morgan fingerprint density at radius 1 is 0.213 bits per heavy atom. The first-order valence-electron chi connectivity index (χ1n) is 25.4. The first kappa shape index (κ1) is 42.5. The molecular formula is C69H44N6. The third kappa shape index (κ3) is 6.77. The van der Waals surface area contributed by atoms with Crippen LogP contribution >= 0.6 is 0 Å². The van der Waals surface area contributed by atoms with Crippen molar-refractivity contribution in [2.75, 3.05) is 0 Å². The Labute approximate surface area is 432 Å². The molecule has 15 aromatic rings. The van der Waals surface area contributed by atoms with Crippen LogP contribution in [0.2, 0.25) is 0 Å². The van der Waals surface area contributed by atoms with E-state index in [9.17, 15) is 0 Å². The molecule has 4 aromatic heterocycles. The molecule has 0 spiro atoms. The summed E-state index contributed by atoms with van der Waals surface area (Å²) in [6.45, 7) is 0. The van der Waals surface area contributed by atoms with Crippen molar-refractivity contribution >= 4 is 65.4 Å². The van der Waals surface area contributed by atoms with Gasteiger partial charge in [-0.15, -0.1) is 0 Å². The van der Waals surface area contributed by atoms with Gasteiger partial charge in [0.1, 0.15) is 0 Å². The second kappa shape index (κ2) is 17.3. The number of nitrogens with zero attached hydrogens (tertiary/aromatic N) is 6. The van der Waals surface area contributed by atoms with E-state index in [2.05, 4.69) is 262 Å². The molecule has 6 heteroatoms. The molecule has 15 rings (SSSR count). The lowest BCUT2D eigenvalue weighted by molar-refractivity contribution is 1.06. The van der Waals surface area contributed by atoms with Crippen molar-refractivity contribution in [3.8, 4) is 73.5 Å². The maximum atomic E-state index is 5.68. The number of hydrogen-bond donors (Lipinski definition) is 0. The fraction of sp³-hybridized carbons (Fsp3) is 0. The van der Waals surface area contributed by atoms with Gasteiger partial charge in [0.25, 0.3) is 0 Å². The highest BCUT2D eigenvalue weighted by molar-refractivity contribution is 6.14. The van der Waals surface area contributed by atoms with Crippen molar-refractivity contribution in [1.29, 1.82) is 0 Å². The quantitative estimate of drug-likeness (QED) is 0.152. The molecule has 0 radical (unpaired) electrons. The molecule has 0 aliphatic heterocycles. The lowest BCUT2D eigenvalue weighted by atomic mass is 9.98. The summed E-state index contributed by atoms with van der Waals surface area (Å²) in [5.41, 5.74) is 16.8. The van der Waals surface area contributed by atoms with Gasteiger partial charge in [-0.05, 0) is 71.8 Å². The van der Waals surface area contributed by atoms with Gasteiger partial charge in [-0.1, -0.05) is 206 Å². The van der Waals surface area contributed by atoms with E-state index in [0.717, 1.165) is 88.8 Å². The average molecular weight is 957 g/mol. The molecule has 11 aromatic carbocycles. The molecule has 0 atom stereocenters. The topological polar surface area (TPSA) is 53.5 Å². The summed E-state index contributed by atoms with van der Waals surface area (Å²) in [6, 6.07) is 95.2. The fourth-order valence-electron chi connectivity index (χ4n) is 11.7. The van der Waals surface area contributed by atoms with Gasteiger partial charge in [0.15, 0.2) is 17.5 Å². The van der Waals surface area contributed by atoms with E-state index < -0.39 is 0 Å². The molecule has 0 fully saturated rings. The minimum absolute atomic E-state index is 0.567. The molecule has 0 bridgehead atoms. The Morgan fingerprint density at radius 3 is 0.960 bits per heavy atom. The zero-order valence-corrected chi connectivity index (χ0v) is 40.6. The van der Waals surface area contributed by atoms with Crippen LogP contribution in [0.1, 0.15) is 0 Å². The Morgan fingerprint density at radius 2 is 0.533 bits per heavy atom. The van der Waals surface area contributed by atoms with Crippen LogP contribution in [0.15, 0.2) is 267 Å². The van der Waals surface area contributed by atoms with Crippen molar-refractivity contribution in [2.24, 2.45) is 0 Å². The summed E-state index contributed by atoms with van der Waals surface area (Å²) in [5.74, 6) is 1.73. The third-order valence-corrected chi connectivity index (χ3v) is 14.9. The van der Waals surface area contributed by atoms with Crippen molar-refractivity contribution in [3.63, 3.8) is 0 Å². The lowest BCUT2D eigenvalue weighted by Gasteiger charge is -2.20. The minimum Gasteiger partial charge on any atom is -0.309 e. The summed E-state index contributed by atoms with van der Waals surface area (Å²) >= 11 is 0. The van der Waals surface area contributed by atoms with Crippen molar-refractivity contribution in [1.82, 2.24) is 28.7 Å². The maximum absolute atomic E-state index is 5.68. The third-order valence-electron chi connectivity index (χ3n) is 14.9. The van der Waals surface area contributed by atoms with Crippen LogP contribution in [0.4, 0.5) is 0 Å². The Hall–Kier alpha value is -10.2. The van der Waals surface area contributed by atoms with E-state index in [-0.39, 0.29) is 0 Å². The number of aromatic nitrogens is 6. The second-order valence-corrected chi connectivity index (χ2v) is 19.1. The molecule has 0 aliphatic carbocycles. The van der Waals surface area contributed by atoms with Crippen LogP contribution in [-0.4, -0.2) is 28.7 Å². The van der Waals surface area contributed by atoms with Crippen LogP contribution in [0.25, 0.3) is 139 Å². The van der Waals surface area contributed by atoms with Crippen LogP contribution in [0.3, 0.4) is 0 Å². The van der Waals surface area contributed by atoms with E-state index >= 15 is 0 Å². The van der Waals surface area contributed by atoms with Crippen LogP contribution in [-0.2, 0) is 0 Å². The molecular weight excluding hydrogens is 913 g/mol. The first-order valence-corrected chi connectivity index (χ1v) is 25.4. The minimum atomic E-state index is 0.567. The molecule has 0 unspecified atom stereocenters. The molecule has 6 nitrogen and oxygen atoms in total. The molecule has 0 saturated heterocycles. The smallest absolute Gasteiger partial charge is 0.166 e. The summed E-state index contributed by atoms with van der Waals surface area (Å²) in [4.78, 5) is 16.7. The predicted octanol–water partition coefficient (Wildman–Crippen LogP) is 17.5. The van der Waals surface area contributed by atoms with E-state index in [0.29, 0.717) is 17.5 Å². The van der Waals surface area contributed by atoms with Gasteiger partial charge in [-0.25, -0.2) is 15.0 Å². The van der Waals surface area contributed by atoms with Crippen molar-refractivity contribution < 1.29 is 0 Å². The molecule has 75 heavy (non-hydrogen) atoms. The predicted molar refractivity (Wildman–Crippen MR) is 310 cm³/mol. The average Bonchev–Trinajstić information content (AvgIpc) is 4.18. The van der Waals surface area contributed by atoms with Crippen LogP contribution in [0.5, 0.6) is 0 Å². The van der Waals surface area contributed by atoms with Gasteiger partial charge in [0, 0.05) is 65.8 Å². The summed E-state index contributed by atoms with van der Waals surface area (Å²) in [7, 11) is 0. The monoisotopic (exact) mass is 956 g/mol. The Kier molecular flexibility index (Phi) is 9.78. The SMILES string of the molecule is c1ccc(-c2nc(-c3cccc(-c4ccccc4)c3-n3c4ccccc4c4ccccc43)nc(-c3cccc(-c4ccccc4)c3-n3c4ccccc4c4cc(-n5c6ccccc6c6ccccc65)ccc43)n2)cc1. The molecule has 0 saturated carbocycles. The van der Waals surface area contributed by atoms with Crippen LogP contribution in [0, 0.1) is 0 Å². The van der Waals surface area contributed by atoms with E-state index in [4.69, 9.17) is 15.0 Å². The van der Waals surface area contributed by atoms with E-state index in [1.54, 1.807) is 0 Å². The number of fused-ring (bicyclic) bond motifs is 9. The summed E-state index contributed by atoms with van der Waals surface area (Å²) < 4.78 is 7.24. The van der Waals surface area contributed by atoms with Gasteiger partial charge in [-0.3, -0.25) is 0 Å². The highest BCUT2D eigenvalue weighted by Crippen LogP contribution is 2.45. The van der Waals surface area contributed by atoms with Crippen LogP contribution < -0.4 is 0 Å². The maximum Gasteiger partial charge on any atom is 0.166 e. The lowest BCUT2D eigenvalue weighted by Crippen LogP contribution is -2.07. The van der Waals surface area contributed by atoms with E-state index in [1.807, 2.05) is 18.2 Å². The van der Waals surface area contributed by atoms with Gasteiger partial charge in [0.05, 0.1) is 44.5 Å². The fourth-order valence-corrected chi connectivity index (χ4v) is 11.7. The largest absolute Gasteiger partial charge is 0.309 e. The molecule has 350 valence electrons. The highest BCUT2D eigenvalue weighted by Gasteiger charge is 2.26.